The first-order valence-corrected chi connectivity index (χ1v) is 8.50. The minimum absolute atomic E-state index is 0.136. The summed E-state index contributed by atoms with van der Waals surface area (Å²) in [5.74, 6) is -0.969. The molecule has 0 bridgehead atoms. The zero-order valence-corrected chi connectivity index (χ0v) is 14.1. The molecule has 0 radical (unpaired) electrons. The molecule has 3 nitrogen and oxygen atoms in total. The summed E-state index contributed by atoms with van der Waals surface area (Å²) in [5, 5.41) is 0. The van der Waals surface area contributed by atoms with Gasteiger partial charge in [0.05, 0.1) is 5.92 Å². The number of rotatable bonds is 10. The molecule has 0 saturated carbocycles. The van der Waals surface area contributed by atoms with E-state index < -0.39 is 5.92 Å². The lowest BCUT2D eigenvalue weighted by atomic mass is 9.88. The number of ketones is 2. The highest BCUT2D eigenvalue weighted by Gasteiger charge is 2.28. The molecule has 0 aliphatic carbocycles. The van der Waals surface area contributed by atoms with Gasteiger partial charge in [0.1, 0.15) is 0 Å². The fraction of sp³-hybridized carbons (Fsp3) is 0.333. The number of carbonyl (C=O) groups excluding carboxylic acids is 2. The van der Waals surface area contributed by atoms with Gasteiger partial charge in [-0.3, -0.25) is 9.59 Å². The third kappa shape index (κ3) is 5.14. The maximum Gasteiger partial charge on any atom is 0.173 e. The molecule has 2 rings (SSSR count). The van der Waals surface area contributed by atoms with Crippen LogP contribution in [-0.4, -0.2) is 24.8 Å². The van der Waals surface area contributed by atoms with Crippen molar-refractivity contribution in [2.24, 2.45) is 5.92 Å². The van der Waals surface area contributed by atoms with Gasteiger partial charge >= 0.3 is 0 Å². The lowest BCUT2D eigenvalue weighted by molar-refractivity contribution is 0.0724. The molecule has 0 fully saturated rings. The van der Waals surface area contributed by atoms with Crippen molar-refractivity contribution in [2.75, 3.05) is 13.2 Å². The fourth-order valence-electron chi connectivity index (χ4n) is 2.54. The van der Waals surface area contributed by atoms with E-state index in [1.54, 1.807) is 24.3 Å². The molecule has 0 amide bonds. The minimum Gasteiger partial charge on any atom is -0.381 e. The highest BCUT2D eigenvalue weighted by atomic mass is 16.5. The van der Waals surface area contributed by atoms with Gasteiger partial charge in [-0.2, -0.15) is 0 Å². The van der Waals surface area contributed by atoms with Gasteiger partial charge in [-0.1, -0.05) is 74.0 Å². The number of ether oxygens (including phenoxy) is 1. The quantitative estimate of drug-likeness (QED) is 0.365. The molecule has 2 aromatic carbocycles. The maximum absolute atomic E-state index is 12.8. The second kappa shape index (κ2) is 9.78. The Hall–Kier alpha value is -2.26. The minimum atomic E-state index is -0.698. The second-order valence-corrected chi connectivity index (χ2v) is 5.77. The van der Waals surface area contributed by atoms with Gasteiger partial charge in [0.2, 0.25) is 0 Å². The molecule has 0 aliphatic rings. The molecule has 0 N–H and O–H groups in total. The van der Waals surface area contributed by atoms with Gasteiger partial charge in [0.25, 0.3) is 0 Å². The summed E-state index contributed by atoms with van der Waals surface area (Å²) in [4.78, 5) is 25.6. The van der Waals surface area contributed by atoms with Crippen LogP contribution in [0.15, 0.2) is 60.7 Å². The van der Waals surface area contributed by atoms with Crippen LogP contribution in [0.2, 0.25) is 0 Å². The molecule has 3 heteroatoms. The monoisotopic (exact) mass is 324 g/mol. The van der Waals surface area contributed by atoms with Crippen LogP contribution in [0.25, 0.3) is 0 Å². The highest BCUT2D eigenvalue weighted by Crippen LogP contribution is 2.18. The average molecular weight is 324 g/mol. The molecule has 0 atom stereocenters. The number of carbonyl (C=O) groups is 2. The van der Waals surface area contributed by atoms with E-state index in [4.69, 9.17) is 4.74 Å². The summed E-state index contributed by atoms with van der Waals surface area (Å²) < 4.78 is 5.57. The first kappa shape index (κ1) is 18.1. The summed E-state index contributed by atoms with van der Waals surface area (Å²) in [7, 11) is 0. The van der Waals surface area contributed by atoms with E-state index in [-0.39, 0.29) is 11.6 Å². The zero-order valence-electron chi connectivity index (χ0n) is 14.1. The van der Waals surface area contributed by atoms with Crippen LogP contribution in [0.4, 0.5) is 0 Å². The van der Waals surface area contributed by atoms with E-state index in [1.807, 2.05) is 36.4 Å². The van der Waals surface area contributed by atoms with Crippen molar-refractivity contribution in [3.05, 3.63) is 71.8 Å². The summed E-state index contributed by atoms with van der Waals surface area (Å²) in [6, 6.07) is 18.0. The normalized spacial score (nSPS) is 10.8. The summed E-state index contributed by atoms with van der Waals surface area (Å²) in [6.07, 6.45) is 2.46. The van der Waals surface area contributed by atoms with Crippen LogP contribution in [0, 0.1) is 5.92 Å². The van der Waals surface area contributed by atoms with E-state index in [1.165, 1.54) is 0 Å². The number of hydrogen-bond donors (Lipinski definition) is 0. The number of benzene rings is 2. The molecule has 0 aromatic heterocycles. The molecule has 0 saturated heterocycles. The third-order valence-corrected chi connectivity index (χ3v) is 3.94. The van der Waals surface area contributed by atoms with E-state index >= 15 is 0 Å². The van der Waals surface area contributed by atoms with E-state index in [0.29, 0.717) is 30.8 Å². The lowest BCUT2D eigenvalue weighted by Crippen LogP contribution is -2.26. The number of unbranched alkanes of at least 4 members (excludes halogenated alkanes) is 1. The Kier molecular flexibility index (Phi) is 7.37. The molecule has 0 heterocycles. The van der Waals surface area contributed by atoms with Crippen molar-refractivity contribution in [2.45, 2.75) is 26.2 Å². The molecular weight excluding hydrogens is 300 g/mol. The van der Waals surface area contributed by atoms with E-state index in [2.05, 4.69) is 6.92 Å². The maximum atomic E-state index is 12.8. The molecule has 0 aliphatic heterocycles. The summed E-state index contributed by atoms with van der Waals surface area (Å²) in [5.41, 5.74) is 1.14. The van der Waals surface area contributed by atoms with Crippen LogP contribution in [-0.2, 0) is 4.74 Å². The Bertz CT molecular complexity index is 583. The van der Waals surface area contributed by atoms with Crippen LogP contribution >= 0.6 is 0 Å². The van der Waals surface area contributed by atoms with Crippen molar-refractivity contribution >= 4 is 11.6 Å². The third-order valence-electron chi connectivity index (χ3n) is 3.94. The molecular formula is C21H24O3. The molecule has 2 aromatic rings. The predicted molar refractivity (Wildman–Crippen MR) is 95.4 cm³/mol. The topological polar surface area (TPSA) is 43.4 Å². The van der Waals surface area contributed by atoms with Crippen molar-refractivity contribution in [3.63, 3.8) is 0 Å². The second-order valence-electron chi connectivity index (χ2n) is 5.77. The van der Waals surface area contributed by atoms with E-state index in [9.17, 15) is 9.59 Å². The smallest absolute Gasteiger partial charge is 0.173 e. The Morgan fingerprint density at radius 1 is 0.833 bits per heavy atom. The van der Waals surface area contributed by atoms with Gasteiger partial charge in [-0.25, -0.2) is 0 Å². The van der Waals surface area contributed by atoms with Gasteiger partial charge in [-0.15, -0.1) is 0 Å². The van der Waals surface area contributed by atoms with Crippen LogP contribution in [0.5, 0.6) is 0 Å². The van der Waals surface area contributed by atoms with Crippen LogP contribution in [0.1, 0.15) is 46.9 Å². The SMILES string of the molecule is CCCCOCCC(C(=O)c1ccccc1)C(=O)c1ccccc1. The van der Waals surface area contributed by atoms with Crippen molar-refractivity contribution in [1.29, 1.82) is 0 Å². The lowest BCUT2D eigenvalue weighted by Gasteiger charge is -2.15. The standard InChI is InChI=1S/C21H24O3/c1-2-3-15-24-16-14-19(20(22)17-10-6-4-7-11-17)21(23)18-12-8-5-9-13-18/h4-13,19H,2-3,14-16H2,1H3. The average Bonchev–Trinajstić information content (AvgIpc) is 2.65. The van der Waals surface area contributed by atoms with Crippen LogP contribution < -0.4 is 0 Å². The first-order chi connectivity index (χ1) is 11.7. The highest BCUT2D eigenvalue weighted by molar-refractivity contribution is 6.16. The van der Waals surface area contributed by atoms with Gasteiger partial charge in [0.15, 0.2) is 11.6 Å². The van der Waals surface area contributed by atoms with E-state index in [0.717, 1.165) is 12.8 Å². The Morgan fingerprint density at radius 3 is 1.79 bits per heavy atom. The van der Waals surface area contributed by atoms with Crippen molar-refractivity contribution in [1.82, 2.24) is 0 Å². The molecule has 126 valence electrons. The first-order valence-electron chi connectivity index (χ1n) is 8.50. The molecule has 24 heavy (non-hydrogen) atoms. The van der Waals surface area contributed by atoms with Gasteiger partial charge < -0.3 is 4.74 Å². The van der Waals surface area contributed by atoms with Gasteiger partial charge in [-0.05, 0) is 12.8 Å². The number of Topliss-reactive ketones (excluding diaryl/α,β-unsaturated/α-hetero) is 2. The number of hydrogen-bond acceptors (Lipinski definition) is 3. The Morgan fingerprint density at radius 2 is 1.33 bits per heavy atom. The molecule has 0 unspecified atom stereocenters. The largest absolute Gasteiger partial charge is 0.381 e. The predicted octanol–water partition coefficient (Wildman–Crippen LogP) is 4.58. The molecule has 0 spiro atoms. The summed E-state index contributed by atoms with van der Waals surface area (Å²) >= 11 is 0. The van der Waals surface area contributed by atoms with Gasteiger partial charge in [0, 0.05) is 24.3 Å². The van der Waals surface area contributed by atoms with Crippen molar-refractivity contribution < 1.29 is 14.3 Å². The Labute approximate surface area is 143 Å². The van der Waals surface area contributed by atoms with Crippen LogP contribution in [0.3, 0.4) is 0 Å². The van der Waals surface area contributed by atoms with Crippen molar-refractivity contribution in [3.8, 4) is 0 Å². The Balaban J connectivity index is 2.12. The summed E-state index contributed by atoms with van der Waals surface area (Å²) in [6.45, 7) is 3.19. The fourth-order valence-corrected chi connectivity index (χ4v) is 2.54. The zero-order chi connectivity index (χ0) is 17.2.